The fourth-order valence-corrected chi connectivity index (χ4v) is 5.37. The highest BCUT2D eigenvalue weighted by atomic mass is 35.5. The molecular formula is C21H24ClN3O3S2. The fourth-order valence-electron chi connectivity index (χ4n) is 3.15. The number of halogens is 1. The molecule has 0 N–H and O–H groups in total. The van der Waals surface area contributed by atoms with Crippen LogP contribution in [-0.4, -0.2) is 57.6 Å². The summed E-state index contributed by atoms with van der Waals surface area (Å²) in [7, 11) is 0.368. The molecule has 2 aromatic carbocycles. The van der Waals surface area contributed by atoms with Gasteiger partial charge in [0.2, 0.25) is 0 Å². The Bertz CT molecular complexity index is 1150. The molecule has 0 radical (unpaired) electrons. The standard InChI is InChI=1S/C21H24ClN3O3S2/c1-14-10-11-16(22)19-18(14)23-21(29-19)25(13-7-12-24(2)3)20(26)15-8-5-6-9-17(15)30(4,27)28/h5-6,8-11H,7,12-13H2,1-4H3. The highest BCUT2D eigenvalue weighted by molar-refractivity contribution is 7.90. The second-order valence-corrected chi connectivity index (χ2v) is 10.8. The van der Waals surface area contributed by atoms with Gasteiger partial charge in [-0.2, -0.15) is 0 Å². The van der Waals surface area contributed by atoms with Crippen molar-refractivity contribution in [2.75, 3.05) is 38.3 Å². The van der Waals surface area contributed by atoms with Gasteiger partial charge in [-0.3, -0.25) is 9.69 Å². The first-order chi connectivity index (χ1) is 14.1. The maximum atomic E-state index is 13.5. The summed E-state index contributed by atoms with van der Waals surface area (Å²) in [6, 6.07) is 10.00. The van der Waals surface area contributed by atoms with Gasteiger partial charge in [0.05, 0.1) is 25.7 Å². The van der Waals surface area contributed by atoms with Crippen LogP contribution in [0.1, 0.15) is 22.3 Å². The number of amides is 1. The van der Waals surface area contributed by atoms with E-state index in [9.17, 15) is 13.2 Å². The molecule has 6 nitrogen and oxygen atoms in total. The molecule has 0 aliphatic heterocycles. The van der Waals surface area contributed by atoms with Gasteiger partial charge < -0.3 is 4.90 Å². The van der Waals surface area contributed by atoms with Crippen LogP contribution in [0.4, 0.5) is 5.13 Å². The van der Waals surface area contributed by atoms with Crippen LogP contribution in [-0.2, 0) is 9.84 Å². The summed E-state index contributed by atoms with van der Waals surface area (Å²) in [5.74, 6) is -0.386. The molecular weight excluding hydrogens is 442 g/mol. The van der Waals surface area contributed by atoms with Gasteiger partial charge in [-0.05, 0) is 57.7 Å². The molecule has 1 aromatic heterocycles. The first kappa shape index (κ1) is 22.7. The van der Waals surface area contributed by atoms with Crippen molar-refractivity contribution < 1.29 is 13.2 Å². The van der Waals surface area contributed by atoms with E-state index in [1.165, 1.54) is 17.4 Å². The highest BCUT2D eigenvalue weighted by Gasteiger charge is 2.26. The molecule has 1 heterocycles. The third-order valence-corrected chi connectivity index (χ3v) is 7.36. The van der Waals surface area contributed by atoms with Gasteiger partial charge in [0.25, 0.3) is 5.91 Å². The van der Waals surface area contributed by atoms with Crippen molar-refractivity contribution in [1.82, 2.24) is 9.88 Å². The lowest BCUT2D eigenvalue weighted by atomic mass is 10.2. The van der Waals surface area contributed by atoms with E-state index in [1.807, 2.05) is 38.1 Å². The number of anilines is 1. The lowest BCUT2D eigenvalue weighted by Gasteiger charge is -2.22. The van der Waals surface area contributed by atoms with E-state index in [2.05, 4.69) is 4.98 Å². The van der Waals surface area contributed by atoms with Crippen LogP contribution in [0.25, 0.3) is 10.2 Å². The molecule has 30 heavy (non-hydrogen) atoms. The number of benzene rings is 2. The Morgan fingerprint density at radius 3 is 2.47 bits per heavy atom. The van der Waals surface area contributed by atoms with E-state index in [-0.39, 0.29) is 16.4 Å². The topological polar surface area (TPSA) is 70.6 Å². The molecule has 0 saturated carbocycles. The first-order valence-electron chi connectivity index (χ1n) is 9.41. The van der Waals surface area contributed by atoms with E-state index in [4.69, 9.17) is 11.6 Å². The lowest BCUT2D eigenvalue weighted by Crippen LogP contribution is -2.34. The normalized spacial score (nSPS) is 11.9. The zero-order valence-electron chi connectivity index (χ0n) is 17.3. The minimum atomic E-state index is -3.56. The van der Waals surface area contributed by atoms with E-state index < -0.39 is 9.84 Å². The molecule has 0 atom stereocenters. The lowest BCUT2D eigenvalue weighted by molar-refractivity contribution is 0.0983. The largest absolute Gasteiger partial charge is 0.309 e. The summed E-state index contributed by atoms with van der Waals surface area (Å²) in [5.41, 5.74) is 1.87. The Morgan fingerprint density at radius 2 is 1.83 bits per heavy atom. The van der Waals surface area contributed by atoms with E-state index in [0.29, 0.717) is 23.1 Å². The highest BCUT2D eigenvalue weighted by Crippen LogP contribution is 2.36. The maximum Gasteiger partial charge on any atom is 0.261 e. The number of carbonyl (C=O) groups excluding carboxylic acids is 1. The number of rotatable bonds is 7. The van der Waals surface area contributed by atoms with Crippen molar-refractivity contribution in [3.05, 3.63) is 52.5 Å². The van der Waals surface area contributed by atoms with E-state index in [1.54, 1.807) is 23.1 Å². The van der Waals surface area contributed by atoms with Gasteiger partial charge in [0, 0.05) is 12.8 Å². The van der Waals surface area contributed by atoms with Gasteiger partial charge >= 0.3 is 0 Å². The van der Waals surface area contributed by atoms with Gasteiger partial charge in [-0.1, -0.05) is 41.1 Å². The van der Waals surface area contributed by atoms with Crippen LogP contribution in [0.2, 0.25) is 5.02 Å². The average Bonchev–Trinajstić information content (AvgIpc) is 3.13. The summed E-state index contributed by atoms with van der Waals surface area (Å²) in [6.45, 7) is 3.13. The van der Waals surface area contributed by atoms with Crippen molar-refractivity contribution in [3.63, 3.8) is 0 Å². The molecule has 0 aliphatic rings. The average molecular weight is 466 g/mol. The van der Waals surface area contributed by atoms with Gasteiger partial charge in [-0.15, -0.1) is 0 Å². The number of fused-ring (bicyclic) bond motifs is 1. The molecule has 9 heteroatoms. The van der Waals surface area contributed by atoms with Crippen molar-refractivity contribution >= 4 is 54.0 Å². The molecule has 0 saturated heterocycles. The Morgan fingerprint density at radius 1 is 1.13 bits per heavy atom. The molecule has 0 spiro atoms. The monoisotopic (exact) mass is 465 g/mol. The van der Waals surface area contributed by atoms with E-state index >= 15 is 0 Å². The number of carbonyl (C=O) groups is 1. The smallest absolute Gasteiger partial charge is 0.261 e. The van der Waals surface area contributed by atoms with Crippen molar-refractivity contribution in [2.24, 2.45) is 0 Å². The molecule has 0 fully saturated rings. The number of nitrogens with zero attached hydrogens (tertiary/aromatic N) is 3. The number of hydrogen-bond acceptors (Lipinski definition) is 6. The van der Waals surface area contributed by atoms with Crippen molar-refractivity contribution in [2.45, 2.75) is 18.2 Å². The van der Waals surface area contributed by atoms with Crippen LogP contribution >= 0.6 is 22.9 Å². The number of hydrogen-bond donors (Lipinski definition) is 0. The zero-order chi connectivity index (χ0) is 22.1. The molecule has 160 valence electrons. The second kappa shape index (κ2) is 9.01. The zero-order valence-corrected chi connectivity index (χ0v) is 19.7. The van der Waals surface area contributed by atoms with Gasteiger partial charge in [0.15, 0.2) is 15.0 Å². The molecule has 0 bridgehead atoms. The summed E-state index contributed by atoms with van der Waals surface area (Å²) in [6.07, 6.45) is 1.82. The molecule has 1 amide bonds. The minimum absolute atomic E-state index is 0.0166. The summed E-state index contributed by atoms with van der Waals surface area (Å²) in [5, 5.41) is 1.09. The van der Waals surface area contributed by atoms with Crippen LogP contribution in [0, 0.1) is 6.92 Å². The summed E-state index contributed by atoms with van der Waals surface area (Å²) < 4.78 is 25.3. The molecule has 3 rings (SSSR count). The molecule has 0 aliphatic carbocycles. The fraction of sp³-hybridized carbons (Fsp3) is 0.333. The van der Waals surface area contributed by atoms with Crippen LogP contribution < -0.4 is 4.90 Å². The third kappa shape index (κ3) is 4.83. The van der Waals surface area contributed by atoms with E-state index in [0.717, 1.165) is 28.6 Å². The van der Waals surface area contributed by atoms with Crippen molar-refractivity contribution in [3.8, 4) is 0 Å². The predicted molar refractivity (Wildman–Crippen MR) is 124 cm³/mol. The molecule has 0 unspecified atom stereocenters. The summed E-state index contributed by atoms with van der Waals surface area (Å²) >= 11 is 7.70. The Hall–Kier alpha value is -2.00. The minimum Gasteiger partial charge on any atom is -0.309 e. The second-order valence-electron chi connectivity index (χ2n) is 7.42. The summed E-state index contributed by atoms with van der Waals surface area (Å²) in [4.78, 5) is 21.8. The van der Waals surface area contributed by atoms with Crippen LogP contribution in [0.15, 0.2) is 41.3 Å². The van der Waals surface area contributed by atoms with Crippen molar-refractivity contribution in [1.29, 1.82) is 0 Å². The first-order valence-corrected chi connectivity index (χ1v) is 12.5. The van der Waals surface area contributed by atoms with Crippen LogP contribution in [0.3, 0.4) is 0 Å². The maximum absolute atomic E-state index is 13.5. The predicted octanol–water partition coefficient (Wildman–Crippen LogP) is 4.26. The molecule has 3 aromatic rings. The Kier molecular flexibility index (Phi) is 6.81. The number of aryl methyl sites for hydroxylation is 1. The van der Waals surface area contributed by atoms with Gasteiger partial charge in [0.1, 0.15) is 0 Å². The van der Waals surface area contributed by atoms with Crippen LogP contribution in [0.5, 0.6) is 0 Å². The quantitative estimate of drug-likeness (QED) is 0.521. The number of aromatic nitrogens is 1. The number of sulfone groups is 1. The Labute approximate surface area is 186 Å². The SMILES string of the molecule is Cc1ccc(Cl)c2sc(N(CCCN(C)C)C(=O)c3ccccc3S(C)(=O)=O)nc12. The Balaban J connectivity index is 2.09. The third-order valence-electron chi connectivity index (χ3n) is 4.67. The number of thiazole rings is 1. The van der Waals surface area contributed by atoms with Gasteiger partial charge in [-0.25, -0.2) is 13.4 Å².